The van der Waals surface area contributed by atoms with Crippen molar-refractivity contribution in [2.75, 3.05) is 13.2 Å². The smallest absolute Gasteiger partial charge is 0.319 e. The van der Waals surface area contributed by atoms with Gasteiger partial charge < -0.3 is 4.74 Å². The summed E-state index contributed by atoms with van der Waals surface area (Å²) in [4.78, 5) is 27.0. The van der Waals surface area contributed by atoms with Gasteiger partial charge in [0.1, 0.15) is 17.8 Å². The Bertz CT molecular complexity index is 402. The quantitative estimate of drug-likeness (QED) is 0.135. The van der Waals surface area contributed by atoms with E-state index in [-0.39, 0.29) is 12.4 Å². The fourth-order valence-electron chi connectivity index (χ4n) is 2.44. The monoisotopic (exact) mass is 265 g/mol. The van der Waals surface area contributed by atoms with Gasteiger partial charge in [-0.25, -0.2) is 0 Å². The third-order valence-corrected chi connectivity index (χ3v) is 3.44. The zero-order chi connectivity index (χ0) is 14.1. The molecule has 6 nitrogen and oxygen atoms in total. The normalized spacial score (nSPS) is 22.4. The van der Waals surface area contributed by atoms with Crippen LogP contribution in [0.25, 0.3) is 10.4 Å². The molecule has 0 spiro atoms. The maximum atomic E-state index is 12.2. The number of carbonyl (C=O) groups is 2. The van der Waals surface area contributed by atoms with Gasteiger partial charge in [0.05, 0.1) is 0 Å². The number of nitrogens with zero attached hydrogens (tertiary/aromatic N) is 3. The Hall–Kier alpha value is -1.81. The number of rotatable bonds is 7. The maximum Gasteiger partial charge on any atom is 0.319 e. The molecule has 1 atom stereocenters. The van der Waals surface area contributed by atoms with Gasteiger partial charge in [0.25, 0.3) is 0 Å². The summed E-state index contributed by atoms with van der Waals surface area (Å²) in [5.41, 5.74) is 7.20. The van der Waals surface area contributed by atoms with E-state index in [9.17, 15) is 9.59 Å². The minimum atomic E-state index is -1.04. The third-order valence-electron chi connectivity index (χ3n) is 3.44. The number of esters is 1. The SMILES string of the molecule is C=CCOC(=O)[C@@]1(CCCN=[N+]=[N-])CCCCC1=O. The van der Waals surface area contributed by atoms with E-state index >= 15 is 0 Å². The number of Topliss-reactive ketones (excluding diaryl/α,β-unsaturated/α-hetero) is 1. The molecule has 6 heteroatoms. The minimum absolute atomic E-state index is 0.0475. The van der Waals surface area contributed by atoms with Gasteiger partial charge >= 0.3 is 5.97 Å². The summed E-state index contributed by atoms with van der Waals surface area (Å²) in [5, 5.41) is 3.43. The van der Waals surface area contributed by atoms with E-state index in [1.165, 1.54) is 6.08 Å². The van der Waals surface area contributed by atoms with Crippen LogP contribution in [-0.2, 0) is 14.3 Å². The van der Waals surface area contributed by atoms with Crippen molar-refractivity contribution >= 4 is 11.8 Å². The van der Waals surface area contributed by atoms with Crippen molar-refractivity contribution in [1.82, 2.24) is 0 Å². The molecular weight excluding hydrogens is 246 g/mol. The predicted octanol–water partition coefficient (Wildman–Crippen LogP) is 2.94. The Morgan fingerprint density at radius 2 is 2.37 bits per heavy atom. The maximum absolute atomic E-state index is 12.2. The Balaban J connectivity index is 2.76. The average Bonchev–Trinajstić information content (AvgIpc) is 2.43. The first-order valence-electron chi connectivity index (χ1n) is 6.49. The van der Waals surface area contributed by atoms with Crippen LogP contribution in [0.5, 0.6) is 0 Å². The minimum Gasteiger partial charge on any atom is -0.461 e. The predicted molar refractivity (Wildman–Crippen MR) is 70.3 cm³/mol. The van der Waals surface area contributed by atoms with Crippen molar-refractivity contribution in [3.8, 4) is 0 Å². The molecular formula is C13H19N3O3. The zero-order valence-corrected chi connectivity index (χ0v) is 11.0. The Kier molecular flexibility index (Phi) is 6.09. The van der Waals surface area contributed by atoms with Crippen LogP contribution in [-0.4, -0.2) is 24.9 Å². The fraction of sp³-hybridized carbons (Fsp3) is 0.692. The Morgan fingerprint density at radius 3 is 3.00 bits per heavy atom. The lowest BCUT2D eigenvalue weighted by Crippen LogP contribution is -2.43. The molecule has 1 saturated carbocycles. The number of hydrogen-bond acceptors (Lipinski definition) is 4. The van der Waals surface area contributed by atoms with E-state index in [1.54, 1.807) is 0 Å². The van der Waals surface area contributed by atoms with Crippen LogP contribution < -0.4 is 0 Å². The first-order chi connectivity index (χ1) is 9.17. The molecule has 0 amide bonds. The van der Waals surface area contributed by atoms with Gasteiger partial charge in [-0.2, -0.15) is 0 Å². The van der Waals surface area contributed by atoms with Gasteiger partial charge in [0, 0.05) is 17.9 Å². The molecule has 0 aromatic rings. The van der Waals surface area contributed by atoms with Gasteiger partial charge in [-0.05, 0) is 31.2 Å². The van der Waals surface area contributed by atoms with Gasteiger partial charge in [-0.15, -0.1) is 0 Å². The molecule has 1 fully saturated rings. The van der Waals surface area contributed by atoms with E-state index in [0.717, 1.165) is 12.8 Å². The second-order valence-corrected chi connectivity index (χ2v) is 4.66. The highest BCUT2D eigenvalue weighted by Crippen LogP contribution is 2.38. The molecule has 1 aliphatic carbocycles. The van der Waals surface area contributed by atoms with Gasteiger partial charge in [0.2, 0.25) is 0 Å². The second-order valence-electron chi connectivity index (χ2n) is 4.66. The molecule has 19 heavy (non-hydrogen) atoms. The summed E-state index contributed by atoms with van der Waals surface area (Å²) in [6.07, 6.45) is 5.00. The van der Waals surface area contributed by atoms with E-state index in [0.29, 0.717) is 32.2 Å². The molecule has 0 aromatic heterocycles. The van der Waals surface area contributed by atoms with Crippen molar-refractivity contribution < 1.29 is 14.3 Å². The van der Waals surface area contributed by atoms with Crippen molar-refractivity contribution in [2.45, 2.75) is 38.5 Å². The summed E-state index contributed by atoms with van der Waals surface area (Å²) in [7, 11) is 0. The van der Waals surface area contributed by atoms with Crippen molar-refractivity contribution in [1.29, 1.82) is 0 Å². The molecule has 104 valence electrons. The van der Waals surface area contributed by atoms with Gasteiger partial charge in [0.15, 0.2) is 0 Å². The molecule has 0 unspecified atom stereocenters. The molecule has 1 rings (SSSR count). The van der Waals surface area contributed by atoms with E-state index < -0.39 is 11.4 Å². The van der Waals surface area contributed by atoms with Crippen LogP contribution in [0.15, 0.2) is 17.8 Å². The molecule has 0 saturated heterocycles. The van der Waals surface area contributed by atoms with Crippen LogP contribution in [0, 0.1) is 5.41 Å². The Morgan fingerprint density at radius 1 is 1.58 bits per heavy atom. The first kappa shape index (κ1) is 15.2. The van der Waals surface area contributed by atoms with Crippen LogP contribution in [0.3, 0.4) is 0 Å². The lowest BCUT2D eigenvalue weighted by atomic mass is 9.70. The van der Waals surface area contributed by atoms with Crippen LogP contribution >= 0.6 is 0 Å². The molecule has 0 aromatic carbocycles. The topological polar surface area (TPSA) is 92.1 Å². The van der Waals surface area contributed by atoms with E-state index in [2.05, 4.69) is 16.6 Å². The lowest BCUT2D eigenvalue weighted by molar-refractivity contribution is -0.162. The summed E-state index contributed by atoms with van der Waals surface area (Å²) in [5.74, 6) is -0.508. The standard InChI is InChI=1S/C13H19N3O3/c1-2-10-19-12(18)13(8-5-9-15-16-14)7-4-3-6-11(13)17/h2H,1,3-10H2/t13-/m1/s1. The zero-order valence-electron chi connectivity index (χ0n) is 11.0. The van der Waals surface area contributed by atoms with E-state index in [1.807, 2.05) is 0 Å². The highest BCUT2D eigenvalue weighted by atomic mass is 16.5. The van der Waals surface area contributed by atoms with Crippen LogP contribution in [0.2, 0.25) is 0 Å². The van der Waals surface area contributed by atoms with E-state index in [4.69, 9.17) is 10.3 Å². The van der Waals surface area contributed by atoms with Gasteiger partial charge in [-0.1, -0.05) is 24.2 Å². The second kappa shape index (κ2) is 7.59. The largest absolute Gasteiger partial charge is 0.461 e. The highest BCUT2D eigenvalue weighted by Gasteiger charge is 2.47. The highest BCUT2D eigenvalue weighted by molar-refractivity contribution is 6.04. The third kappa shape index (κ3) is 3.83. The number of ether oxygens (including phenoxy) is 1. The lowest BCUT2D eigenvalue weighted by Gasteiger charge is -2.33. The molecule has 0 heterocycles. The number of azide groups is 1. The molecule has 1 aliphatic rings. The molecule has 0 bridgehead atoms. The Labute approximate surface area is 112 Å². The van der Waals surface area contributed by atoms with Crippen molar-refractivity contribution in [3.63, 3.8) is 0 Å². The number of hydrogen-bond donors (Lipinski definition) is 0. The fourth-order valence-corrected chi connectivity index (χ4v) is 2.44. The molecule has 0 radical (unpaired) electrons. The average molecular weight is 265 g/mol. The summed E-state index contributed by atoms with van der Waals surface area (Å²) in [6, 6.07) is 0. The van der Waals surface area contributed by atoms with Crippen LogP contribution in [0.4, 0.5) is 0 Å². The number of ketones is 1. The summed E-state index contributed by atoms with van der Waals surface area (Å²) in [6.45, 7) is 3.90. The molecule has 0 aliphatic heterocycles. The van der Waals surface area contributed by atoms with Gasteiger partial charge in [-0.3, -0.25) is 9.59 Å². The summed E-state index contributed by atoms with van der Waals surface area (Å²) >= 11 is 0. The molecule has 0 N–H and O–H groups in total. The summed E-state index contributed by atoms with van der Waals surface area (Å²) < 4.78 is 5.08. The number of carbonyl (C=O) groups excluding carboxylic acids is 2. The van der Waals surface area contributed by atoms with Crippen LogP contribution in [0.1, 0.15) is 38.5 Å². The first-order valence-corrected chi connectivity index (χ1v) is 6.49. The van der Waals surface area contributed by atoms with Crippen molar-refractivity contribution in [2.24, 2.45) is 10.5 Å². The van der Waals surface area contributed by atoms with Crippen molar-refractivity contribution in [3.05, 3.63) is 23.1 Å².